The number of benzene rings is 1. The van der Waals surface area contributed by atoms with Crippen molar-refractivity contribution in [2.75, 3.05) is 19.5 Å². The maximum absolute atomic E-state index is 11.0. The summed E-state index contributed by atoms with van der Waals surface area (Å²) in [5.41, 5.74) is 0.963. The average Bonchev–Trinajstić information content (AvgIpc) is 2.83. The third kappa shape index (κ3) is 4.93. The lowest BCUT2D eigenvalue weighted by molar-refractivity contribution is -0.668. The summed E-state index contributed by atoms with van der Waals surface area (Å²) in [6.45, 7) is 4.87. The van der Waals surface area contributed by atoms with Gasteiger partial charge in [0.05, 0.1) is 31.6 Å². The monoisotopic (exact) mass is 372 g/mol. The van der Waals surface area contributed by atoms with Gasteiger partial charge >= 0.3 is 0 Å². The van der Waals surface area contributed by atoms with Crippen LogP contribution in [0.5, 0.6) is 5.75 Å². The Morgan fingerprint density at radius 2 is 2.17 bits per heavy atom. The molecule has 8 heteroatoms. The van der Waals surface area contributed by atoms with Crippen LogP contribution in [0.1, 0.15) is 25.3 Å². The minimum Gasteiger partial charge on any atom is -0.498 e. The van der Waals surface area contributed by atoms with Gasteiger partial charge in [-0.2, -0.15) is 13.0 Å². The summed E-state index contributed by atoms with van der Waals surface area (Å²) in [6, 6.07) is 5.79. The third-order valence-corrected chi connectivity index (χ3v) is 5.34. The molecule has 1 aromatic carbocycles. The van der Waals surface area contributed by atoms with E-state index in [9.17, 15) is 8.42 Å². The van der Waals surface area contributed by atoms with Gasteiger partial charge in [-0.05, 0) is 26.0 Å². The molecule has 0 aliphatic carbocycles. The molecule has 132 valence electrons. The van der Waals surface area contributed by atoms with Crippen molar-refractivity contribution >= 4 is 37.7 Å². The van der Waals surface area contributed by atoms with E-state index in [1.165, 1.54) is 0 Å². The van der Waals surface area contributed by atoms with Gasteiger partial charge in [-0.15, -0.1) is 0 Å². The Balaban J connectivity index is 2.42. The maximum Gasteiger partial charge on any atom is 0.266 e. The van der Waals surface area contributed by atoms with Gasteiger partial charge in [0.2, 0.25) is 5.52 Å². The molecule has 24 heavy (non-hydrogen) atoms. The van der Waals surface area contributed by atoms with Crippen molar-refractivity contribution in [1.82, 2.24) is 0 Å². The maximum atomic E-state index is 11.0. The van der Waals surface area contributed by atoms with Gasteiger partial charge in [-0.3, -0.25) is 4.55 Å². The molecule has 1 aromatic heterocycles. The number of allylic oxidation sites excluding steroid dienone is 1. The number of ether oxygens (including phenoxy) is 2. The molecule has 0 amide bonds. The molecule has 2 aromatic rings. The zero-order chi connectivity index (χ0) is 17.7. The molecule has 0 radical (unpaired) electrons. The van der Waals surface area contributed by atoms with Crippen LogP contribution >= 0.6 is 11.3 Å². The Kier molecular flexibility index (Phi) is 6.20. The Morgan fingerprint density at radius 3 is 2.79 bits per heavy atom. The lowest BCUT2D eigenvalue weighted by Crippen LogP contribution is -2.36. The quantitative estimate of drug-likeness (QED) is 0.438. The van der Waals surface area contributed by atoms with Crippen molar-refractivity contribution in [2.24, 2.45) is 0 Å². The molecule has 0 aliphatic rings. The second-order valence-electron chi connectivity index (χ2n) is 5.25. The van der Waals surface area contributed by atoms with Crippen LogP contribution in [0.25, 0.3) is 16.3 Å². The van der Waals surface area contributed by atoms with Crippen molar-refractivity contribution in [3.63, 3.8) is 0 Å². The topological polar surface area (TPSA) is 76.7 Å². The fourth-order valence-electron chi connectivity index (χ4n) is 2.39. The number of hydrogen-bond donors (Lipinski definition) is 1. The summed E-state index contributed by atoms with van der Waals surface area (Å²) < 4.78 is 44.7. The van der Waals surface area contributed by atoms with Gasteiger partial charge in [0.25, 0.3) is 15.1 Å². The molecule has 0 saturated carbocycles. The molecule has 0 bridgehead atoms. The standard InChI is InChI=1S/C16H21NO5S2/c1-4-22-12(2)10-16-17(8-5-9-24(18,19)20)14-11-13(21-3)6-7-15(14)23-16/h6-7,10-11H,4-5,8-9H2,1-3H3/p+1/b12-10+. The first-order valence-corrected chi connectivity index (χ1v) is 10.0. The van der Waals surface area contributed by atoms with Crippen molar-refractivity contribution in [1.29, 1.82) is 0 Å². The van der Waals surface area contributed by atoms with E-state index in [4.69, 9.17) is 14.0 Å². The Morgan fingerprint density at radius 1 is 1.42 bits per heavy atom. The minimum absolute atomic E-state index is 0.269. The highest BCUT2D eigenvalue weighted by molar-refractivity contribution is 7.85. The number of aryl methyl sites for hydroxylation is 1. The molecule has 0 atom stereocenters. The first-order valence-electron chi connectivity index (χ1n) is 7.60. The van der Waals surface area contributed by atoms with E-state index in [2.05, 4.69) is 0 Å². The van der Waals surface area contributed by atoms with Gasteiger partial charge in [-0.1, -0.05) is 11.3 Å². The van der Waals surface area contributed by atoms with Crippen LogP contribution < -0.4 is 9.30 Å². The number of aromatic nitrogens is 1. The number of rotatable bonds is 8. The normalized spacial score (nSPS) is 12.6. The van der Waals surface area contributed by atoms with E-state index >= 15 is 0 Å². The fraction of sp³-hybridized carbons (Fsp3) is 0.438. The summed E-state index contributed by atoms with van der Waals surface area (Å²) in [5, 5.41) is 0.958. The molecular weight excluding hydrogens is 350 g/mol. The molecule has 0 aliphatic heterocycles. The van der Waals surface area contributed by atoms with Crippen LogP contribution in [0.3, 0.4) is 0 Å². The molecule has 0 saturated heterocycles. The van der Waals surface area contributed by atoms with Crippen LogP contribution in [0.4, 0.5) is 0 Å². The average molecular weight is 372 g/mol. The molecule has 0 unspecified atom stereocenters. The zero-order valence-electron chi connectivity index (χ0n) is 14.0. The molecule has 0 spiro atoms. The Labute approximate surface area is 146 Å². The van der Waals surface area contributed by atoms with Crippen LogP contribution in [-0.4, -0.2) is 32.4 Å². The second-order valence-corrected chi connectivity index (χ2v) is 7.89. The molecule has 1 N–H and O–H groups in total. The van der Waals surface area contributed by atoms with E-state index in [1.807, 2.05) is 42.7 Å². The van der Waals surface area contributed by atoms with Gasteiger partial charge in [-0.25, -0.2) is 0 Å². The van der Waals surface area contributed by atoms with Crippen molar-refractivity contribution in [3.05, 3.63) is 29.0 Å². The molecule has 0 fully saturated rings. The fourth-order valence-corrected chi connectivity index (χ4v) is 4.05. The number of hydrogen-bond acceptors (Lipinski definition) is 5. The van der Waals surface area contributed by atoms with E-state index in [-0.39, 0.29) is 5.75 Å². The zero-order valence-corrected chi connectivity index (χ0v) is 15.6. The summed E-state index contributed by atoms with van der Waals surface area (Å²) in [6.07, 6.45) is 2.26. The highest BCUT2D eigenvalue weighted by Gasteiger charge is 2.21. The van der Waals surface area contributed by atoms with E-state index < -0.39 is 10.1 Å². The smallest absolute Gasteiger partial charge is 0.266 e. The van der Waals surface area contributed by atoms with Crippen LogP contribution in [0.15, 0.2) is 24.0 Å². The predicted molar refractivity (Wildman–Crippen MR) is 94.9 cm³/mol. The van der Waals surface area contributed by atoms with Gasteiger partial charge in [0.15, 0.2) is 6.54 Å². The van der Waals surface area contributed by atoms with Gasteiger partial charge in [0, 0.05) is 6.42 Å². The van der Waals surface area contributed by atoms with Gasteiger partial charge < -0.3 is 9.47 Å². The molecule has 6 nitrogen and oxygen atoms in total. The van der Waals surface area contributed by atoms with E-state index in [0.717, 1.165) is 26.7 Å². The molecule has 1 heterocycles. The summed E-state index contributed by atoms with van der Waals surface area (Å²) in [4.78, 5) is 0. The largest absolute Gasteiger partial charge is 0.498 e. The molecule has 2 rings (SSSR count). The number of thiazole rings is 1. The molecular formula is C16H22NO5S2+. The lowest BCUT2D eigenvalue weighted by atomic mass is 10.3. The highest BCUT2D eigenvalue weighted by Crippen LogP contribution is 2.26. The lowest BCUT2D eigenvalue weighted by Gasteiger charge is -2.02. The second kappa shape index (κ2) is 7.96. The van der Waals surface area contributed by atoms with Crippen molar-refractivity contribution in [3.8, 4) is 5.75 Å². The Bertz CT molecular complexity index is 840. The number of methoxy groups -OCH3 is 1. The highest BCUT2D eigenvalue weighted by atomic mass is 32.2. The van der Waals surface area contributed by atoms with Crippen LogP contribution in [0.2, 0.25) is 0 Å². The van der Waals surface area contributed by atoms with E-state index in [0.29, 0.717) is 19.6 Å². The third-order valence-electron chi connectivity index (χ3n) is 3.42. The predicted octanol–water partition coefficient (Wildman–Crippen LogP) is 2.87. The summed E-state index contributed by atoms with van der Waals surface area (Å²) in [7, 11) is -2.36. The number of nitrogens with zero attached hydrogens (tertiary/aromatic N) is 1. The first kappa shape index (κ1) is 18.7. The number of fused-ring (bicyclic) bond motifs is 1. The van der Waals surface area contributed by atoms with Crippen LogP contribution in [-0.2, 0) is 21.4 Å². The minimum atomic E-state index is -3.96. The van der Waals surface area contributed by atoms with E-state index in [1.54, 1.807) is 18.4 Å². The van der Waals surface area contributed by atoms with Gasteiger partial charge in [0.1, 0.15) is 16.2 Å². The Hall–Kier alpha value is -1.64. The summed E-state index contributed by atoms with van der Waals surface area (Å²) in [5.74, 6) is 1.26. The van der Waals surface area contributed by atoms with Crippen molar-refractivity contribution in [2.45, 2.75) is 26.8 Å². The summed E-state index contributed by atoms with van der Waals surface area (Å²) >= 11 is 1.59. The van der Waals surface area contributed by atoms with Crippen molar-refractivity contribution < 1.29 is 27.0 Å². The van der Waals surface area contributed by atoms with Crippen LogP contribution in [0, 0.1) is 0 Å². The first-order chi connectivity index (χ1) is 11.3. The SMILES string of the molecule is CCO/C(C)=C/c1sc2ccc(OC)cc2[n+]1CCCS(=O)(=O)O.